The van der Waals surface area contributed by atoms with E-state index in [0.717, 1.165) is 4.57 Å². The number of halogens is 2. The molecule has 0 fully saturated rings. The van der Waals surface area contributed by atoms with Gasteiger partial charge in [-0.05, 0) is 50.4 Å². The van der Waals surface area contributed by atoms with E-state index in [1.54, 1.807) is 74.5 Å². The fraction of sp³-hybridized carbons (Fsp3) is 0.300. The Hall–Kier alpha value is -3.00. The van der Waals surface area contributed by atoms with Gasteiger partial charge in [0.15, 0.2) is 0 Å². The van der Waals surface area contributed by atoms with Crippen molar-refractivity contribution >= 4 is 22.6 Å². The van der Waals surface area contributed by atoms with Gasteiger partial charge in [-0.1, -0.05) is 12.1 Å². The fourth-order valence-corrected chi connectivity index (χ4v) is 3.00. The maximum Gasteiger partial charge on any atom is 0.320 e. The molecule has 6 nitrogen and oxygen atoms in total. The topological polar surface area (TPSA) is 59.4 Å². The Kier molecular flexibility index (Phi) is 5.89. The minimum Gasteiger partial charge on any atom is -0.497 e. The van der Waals surface area contributed by atoms with E-state index in [4.69, 9.17) is 4.74 Å². The Bertz CT molecular complexity index is 956. The molecule has 8 heteroatoms. The van der Waals surface area contributed by atoms with Gasteiger partial charge in [-0.15, -0.1) is 0 Å². The number of hydrogen-bond acceptors (Lipinski definition) is 4. The molecule has 0 aliphatic carbocycles. The number of benzene rings is 2. The maximum atomic E-state index is 13.6. The Balaban J connectivity index is 1.73. The molecule has 1 atom stereocenters. The minimum atomic E-state index is -2.72. The van der Waals surface area contributed by atoms with Crippen molar-refractivity contribution in [3.8, 4) is 5.75 Å². The summed E-state index contributed by atoms with van der Waals surface area (Å²) in [5, 5.41) is 2.78. The van der Waals surface area contributed by atoms with Crippen LogP contribution in [0.4, 0.5) is 14.5 Å². The Morgan fingerprint density at radius 1 is 1.21 bits per heavy atom. The van der Waals surface area contributed by atoms with Crippen LogP contribution in [0.5, 0.6) is 5.75 Å². The highest BCUT2D eigenvalue weighted by atomic mass is 19.3. The summed E-state index contributed by atoms with van der Waals surface area (Å²) in [5.41, 5.74) is 1.50. The molecule has 0 bridgehead atoms. The SMILES string of the molecule is COc1ccc(NC(=O)CN(C)[C@@H](C)c2nc3ccccc3n2C(F)F)cc1. The first-order chi connectivity index (χ1) is 13.4. The van der Waals surface area contributed by atoms with Crippen molar-refractivity contribution in [3.05, 3.63) is 54.4 Å². The minimum absolute atomic E-state index is 0.0274. The Labute approximate surface area is 161 Å². The summed E-state index contributed by atoms with van der Waals surface area (Å²) >= 11 is 0. The van der Waals surface area contributed by atoms with Gasteiger partial charge in [0.2, 0.25) is 5.91 Å². The van der Waals surface area contributed by atoms with Crippen LogP contribution < -0.4 is 10.1 Å². The molecule has 2 aromatic carbocycles. The second-order valence-electron chi connectivity index (χ2n) is 6.47. The summed E-state index contributed by atoms with van der Waals surface area (Å²) in [7, 11) is 3.27. The standard InChI is InChI=1S/C20H22F2N4O2/c1-13(19-24-16-6-4-5-7-17(16)26(19)20(21)22)25(2)12-18(27)23-14-8-10-15(28-3)11-9-14/h4-11,13,20H,12H2,1-3H3,(H,23,27)/t13-/m0/s1. The van der Waals surface area contributed by atoms with Crippen LogP contribution in [0, 0.1) is 0 Å². The van der Waals surface area contributed by atoms with Gasteiger partial charge >= 0.3 is 6.55 Å². The first-order valence-corrected chi connectivity index (χ1v) is 8.80. The van der Waals surface area contributed by atoms with E-state index in [1.165, 1.54) is 0 Å². The highest BCUT2D eigenvalue weighted by Crippen LogP contribution is 2.28. The van der Waals surface area contributed by atoms with Crippen LogP contribution in [0.1, 0.15) is 25.3 Å². The number of anilines is 1. The van der Waals surface area contributed by atoms with Gasteiger partial charge in [0.1, 0.15) is 11.6 Å². The van der Waals surface area contributed by atoms with Gasteiger partial charge in [-0.2, -0.15) is 8.78 Å². The number of fused-ring (bicyclic) bond motifs is 1. The fourth-order valence-electron chi connectivity index (χ4n) is 3.00. The number of aromatic nitrogens is 2. The zero-order valence-corrected chi connectivity index (χ0v) is 15.9. The number of carbonyl (C=O) groups is 1. The molecule has 0 spiro atoms. The summed E-state index contributed by atoms with van der Waals surface area (Å²) in [6.07, 6.45) is 0. The van der Waals surface area contributed by atoms with Gasteiger partial charge < -0.3 is 10.1 Å². The highest BCUT2D eigenvalue weighted by molar-refractivity contribution is 5.92. The van der Waals surface area contributed by atoms with Crippen LogP contribution in [-0.4, -0.2) is 41.1 Å². The van der Waals surface area contributed by atoms with Crippen molar-refractivity contribution in [1.29, 1.82) is 0 Å². The third kappa shape index (κ3) is 4.12. The van der Waals surface area contributed by atoms with Gasteiger partial charge in [-0.3, -0.25) is 14.3 Å². The molecule has 0 unspecified atom stereocenters. The molecule has 0 saturated carbocycles. The van der Waals surface area contributed by atoms with Crippen molar-refractivity contribution in [1.82, 2.24) is 14.5 Å². The van der Waals surface area contributed by atoms with E-state index >= 15 is 0 Å². The second-order valence-corrected chi connectivity index (χ2v) is 6.47. The van der Waals surface area contributed by atoms with Crippen molar-refractivity contribution in [2.45, 2.75) is 19.5 Å². The first-order valence-electron chi connectivity index (χ1n) is 8.80. The number of nitrogens with one attached hydrogen (secondary N) is 1. The molecule has 0 saturated heterocycles. The number of nitrogens with zero attached hydrogens (tertiary/aromatic N) is 3. The molecule has 28 heavy (non-hydrogen) atoms. The molecule has 0 aliphatic rings. The number of carbonyl (C=O) groups excluding carboxylic acids is 1. The lowest BCUT2D eigenvalue weighted by Gasteiger charge is -2.24. The molecule has 1 heterocycles. The Morgan fingerprint density at radius 3 is 2.54 bits per heavy atom. The van der Waals surface area contributed by atoms with E-state index in [2.05, 4.69) is 10.3 Å². The van der Waals surface area contributed by atoms with Crippen LogP contribution in [0.15, 0.2) is 48.5 Å². The number of para-hydroxylation sites is 2. The van der Waals surface area contributed by atoms with Gasteiger partial charge in [0, 0.05) is 5.69 Å². The van der Waals surface area contributed by atoms with Crippen molar-refractivity contribution in [2.24, 2.45) is 0 Å². The first kappa shape index (κ1) is 19.8. The predicted octanol–water partition coefficient (Wildman–Crippen LogP) is 4.07. The third-order valence-corrected chi connectivity index (χ3v) is 4.62. The van der Waals surface area contributed by atoms with Crippen LogP contribution in [0.3, 0.4) is 0 Å². The van der Waals surface area contributed by atoms with Crippen LogP contribution in [0.25, 0.3) is 11.0 Å². The van der Waals surface area contributed by atoms with Crippen molar-refractivity contribution < 1.29 is 18.3 Å². The normalized spacial score (nSPS) is 12.5. The molecular formula is C20H22F2N4O2. The molecule has 1 amide bonds. The van der Waals surface area contributed by atoms with Crippen molar-refractivity contribution in [3.63, 3.8) is 0 Å². The third-order valence-electron chi connectivity index (χ3n) is 4.62. The van der Waals surface area contributed by atoms with E-state index in [9.17, 15) is 13.6 Å². The number of methoxy groups -OCH3 is 1. The summed E-state index contributed by atoms with van der Waals surface area (Å²) in [6, 6.07) is 13.2. The molecule has 1 N–H and O–H groups in total. The number of ether oxygens (including phenoxy) is 1. The number of imidazole rings is 1. The molecule has 3 rings (SSSR count). The maximum absolute atomic E-state index is 13.6. The summed E-state index contributed by atoms with van der Waals surface area (Å²) in [5.74, 6) is 0.657. The summed E-state index contributed by atoms with van der Waals surface area (Å²) < 4.78 is 33.3. The van der Waals surface area contributed by atoms with Crippen LogP contribution >= 0.6 is 0 Å². The number of amides is 1. The monoisotopic (exact) mass is 388 g/mol. The highest BCUT2D eigenvalue weighted by Gasteiger charge is 2.25. The second kappa shape index (κ2) is 8.35. The van der Waals surface area contributed by atoms with Crippen molar-refractivity contribution in [2.75, 3.05) is 26.0 Å². The quantitative estimate of drug-likeness (QED) is 0.663. The summed E-state index contributed by atoms with van der Waals surface area (Å²) in [4.78, 5) is 18.4. The number of alkyl halides is 2. The zero-order valence-electron chi connectivity index (χ0n) is 15.9. The summed E-state index contributed by atoms with van der Waals surface area (Å²) in [6.45, 7) is -0.938. The largest absolute Gasteiger partial charge is 0.497 e. The molecule has 1 aromatic heterocycles. The van der Waals surface area contributed by atoms with Crippen LogP contribution in [0.2, 0.25) is 0 Å². The van der Waals surface area contributed by atoms with E-state index in [-0.39, 0.29) is 18.3 Å². The lowest BCUT2D eigenvalue weighted by molar-refractivity contribution is -0.117. The van der Waals surface area contributed by atoms with E-state index in [0.29, 0.717) is 22.5 Å². The molecule has 3 aromatic rings. The number of hydrogen-bond donors (Lipinski definition) is 1. The molecule has 0 aliphatic heterocycles. The lowest BCUT2D eigenvalue weighted by atomic mass is 10.2. The predicted molar refractivity (Wildman–Crippen MR) is 104 cm³/mol. The van der Waals surface area contributed by atoms with E-state index < -0.39 is 12.6 Å². The Morgan fingerprint density at radius 2 is 1.89 bits per heavy atom. The van der Waals surface area contributed by atoms with Gasteiger partial charge in [-0.25, -0.2) is 4.98 Å². The van der Waals surface area contributed by atoms with Gasteiger partial charge in [0.05, 0.1) is 30.7 Å². The average molecular weight is 388 g/mol. The number of likely N-dealkylation sites (N-methyl/N-ethyl adjacent to an activating group) is 1. The lowest BCUT2D eigenvalue weighted by Crippen LogP contribution is -2.33. The van der Waals surface area contributed by atoms with E-state index in [1.807, 2.05) is 0 Å². The van der Waals surface area contributed by atoms with Crippen LogP contribution in [-0.2, 0) is 4.79 Å². The zero-order chi connectivity index (χ0) is 20.3. The smallest absolute Gasteiger partial charge is 0.320 e. The van der Waals surface area contributed by atoms with Gasteiger partial charge in [0.25, 0.3) is 0 Å². The molecular weight excluding hydrogens is 366 g/mol. The molecule has 148 valence electrons. The number of rotatable bonds is 7. The molecule has 0 radical (unpaired) electrons. The average Bonchev–Trinajstić information content (AvgIpc) is 3.07.